The SMILES string of the molecule is C=O.CC(C)NC(=O)OC1CN(C)C1.COc1cccc2cccnc12.Nc1ccc(C=O)cc1. The van der Waals surface area contributed by atoms with Crippen LogP contribution in [0.1, 0.15) is 24.2 Å². The molecule has 35 heavy (non-hydrogen) atoms. The van der Waals surface area contributed by atoms with E-state index in [2.05, 4.69) is 15.2 Å². The van der Waals surface area contributed by atoms with Crippen LogP contribution in [0, 0.1) is 0 Å². The minimum atomic E-state index is -0.303. The molecule has 1 saturated heterocycles. The van der Waals surface area contributed by atoms with Gasteiger partial charge in [-0.05, 0) is 57.3 Å². The lowest BCUT2D eigenvalue weighted by Gasteiger charge is -2.35. The van der Waals surface area contributed by atoms with Crippen molar-refractivity contribution < 1.29 is 23.9 Å². The van der Waals surface area contributed by atoms with Crippen LogP contribution in [-0.4, -0.2) is 68.4 Å². The lowest BCUT2D eigenvalue weighted by Crippen LogP contribution is -2.51. The number of fused-ring (bicyclic) bond motifs is 1. The van der Waals surface area contributed by atoms with Crippen LogP contribution in [0.25, 0.3) is 10.9 Å². The number of anilines is 1. The summed E-state index contributed by atoms with van der Waals surface area (Å²) < 4.78 is 10.2. The maximum absolute atomic E-state index is 11.0. The number of amides is 1. The largest absolute Gasteiger partial charge is 0.494 e. The summed E-state index contributed by atoms with van der Waals surface area (Å²) in [5, 5.41) is 3.79. The first-order chi connectivity index (χ1) is 16.8. The predicted octanol–water partition coefficient (Wildman–Crippen LogP) is 3.57. The summed E-state index contributed by atoms with van der Waals surface area (Å²) in [4.78, 5) is 35.4. The summed E-state index contributed by atoms with van der Waals surface area (Å²) in [5.74, 6) is 0.827. The van der Waals surface area contributed by atoms with Crippen LogP contribution in [-0.2, 0) is 9.53 Å². The van der Waals surface area contributed by atoms with Crippen LogP contribution in [0.4, 0.5) is 10.5 Å². The van der Waals surface area contributed by atoms with Crippen molar-refractivity contribution in [2.24, 2.45) is 0 Å². The maximum atomic E-state index is 11.0. The fourth-order valence-electron chi connectivity index (χ4n) is 2.95. The highest BCUT2D eigenvalue weighted by Gasteiger charge is 2.26. The zero-order valence-corrected chi connectivity index (χ0v) is 20.6. The maximum Gasteiger partial charge on any atom is 0.407 e. The molecule has 3 aromatic rings. The molecule has 0 spiro atoms. The minimum absolute atomic E-state index is 0.0914. The third kappa shape index (κ3) is 10.7. The normalized spacial score (nSPS) is 12.4. The third-order valence-corrected chi connectivity index (χ3v) is 4.60. The van der Waals surface area contributed by atoms with E-state index in [1.807, 2.05) is 58.0 Å². The van der Waals surface area contributed by atoms with Crippen LogP contribution in [0.15, 0.2) is 60.8 Å². The van der Waals surface area contributed by atoms with Crippen molar-refractivity contribution >= 4 is 35.8 Å². The molecule has 1 aliphatic rings. The fraction of sp³-hybridized carbons (Fsp3) is 0.308. The van der Waals surface area contributed by atoms with Crippen molar-refractivity contribution in [1.29, 1.82) is 0 Å². The van der Waals surface area contributed by atoms with Gasteiger partial charge < -0.3 is 25.3 Å². The Bertz CT molecular complexity index is 1030. The molecule has 0 unspecified atom stereocenters. The van der Waals surface area contributed by atoms with Crippen molar-refractivity contribution in [3.63, 3.8) is 0 Å². The number of methoxy groups -OCH3 is 1. The number of benzene rings is 2. The Morgan fingerprint density at radius 1 is 1.14 bits per heavy atom. The molecule has 9 heteroatoms. The highest BCUT2D eigenvalue weighted by atomic mass is 16.6. The number of nitrogen functional groups attached to an aromatic ring is 1. The molecule has 0 saturated carbocycles. The van der Waals surface area contributed by atoms with Gasteiger partial charge in [0.25, 0.3) is 0 Å². The fourth-order valence-corrected chi connectivity index (χ4v) is 2.95. The number of likely N-dealkylation sites (tertiary alicyclic amines) is 1. The second kappa shape index (κ2) is 15.8. The molecular weight excluding hydrogens is 448 g/mol. The van der Waals surface area contributed by atoms with Crippen molar-refractivity contribution in [2.75, 3.05) is 33.0 Å². The number of nitrogens with two attached hydrogens (primary N) is 1. The van der Waals surface area contributed by atoms with Gasteiger partial charge in [0.15, 0.2) is 0 Å². The average molecular weight is 483 g/mol. The first-order valence-corrected chi connectivity index (χ1v) is 11.0. The number of para-hydroxylation sites is 1. The Morgan fingerprint density at radius 3 is 2.31 bits per heavy atom. The second-order valence-electron chi connectivity index (χ2n) is 7.87. The Hall–Kier alpha value is -3.98. The number of nitrogens with zero attached hydrogens (tertiary/aromatic N) is 2. The number of carbonyl (C=O) groups is 3. The number of rotatable bonds is 4. The Labute approximate surface area is 206 Å². The summed E-state index contributed by atoms with van der Waals surface area (Å²) >= 11 is 0. The lowest BCUT2D eigenvalue weighted by molar-refractivity contribution is -0.0980. The van der Waals surface area contributed by atoms with E-state index in [4.69, 9.17) is 20.0 Å². The summed E-state index contributed by atoms with van der Waals surface area (Å²) in [6.45, 7) is 7.53. The van der Waals surface area contributed by atoms with E-state index in [-0.39, 0.29) is 18.2 Å². The van der Waals surface area contributed by atoms with Gasteiger partial charge in [0.1, 0.15) is 30.4 Å². The van der Waals surface area contributed by atoms with Gasteiger partial charge in [-0.2, -0.15) is 0 Å². The van der Waals surface area contributed by atoms with Gasteiger partial charge >= 0.3 is 6.09 Å². The number of nitrogens with one attached hydrogen (secondary N) is 1. The molecule has 0 aliphatic carbocycles. The molecule has 2 heterocycles. The minimum Gasteiger partial charge on any atom is -0.494 e. The molecule has 0 radical (unpaired) electrons. The first-order valence-electron chi connectivity index (χ1n) is 11.0. The van der Waals surface area contributed by atoms with Crippen LogP contribution in [0.3, 0.4) is 0 Å². The lowest BCUT2D eigenvalue weighted by atomic mass is 10.2. The molecular formula is C26H34N4O5. The molecule has 4 rings (SSSR count). The van der Waals surface area contributed by atoms with E-state index in [1.54, 1.807) is 37.6 Å². The second-order valence-corrected chi connectivity index (χ2v) is 7.87. The number of hydrogen-bond acceptors (Lipinski definition) is 8. The number of ether oxygens (including phenoxy) is 2. The van der Waals surface area contributed by atoms with Gasteiger partial charge in [-0.25, -0.2) is 4.79 Å². The quantitative estimate of drug-likeness (QED) is 0.427. The number of alkyl carbamates (subject to hydrolysis) is 1. The summed E-state index contributed by atoms with van der Waals surface area (Å²) in [7, 11) is 3.66. The van der Waals surface area contributed by atoms with E-state index in [0.717, 1.165) is 36.0 Å². The standard InChI is InChI=1S/C10H9NO.C8H16N2O2.C7H7NO.CH2O/c1-12-9-6-2-4-8-5-3-7-11-10(8)9;1-6(2)9-8(11)12-7-4-10(3)5-7;8-7-3-1-6(5-9)2-4-7;1-2/h2-7H,1H3;6-7H,4-5H2,1-3H3,(H,9,11);1-5H,8H2;1H2. The molecule has 1 amide bonds. The number of pyridine rings is 1. The number of aldehydes is 1. The van der Waals surface area contributed by atoms with Crippen molar-refractivity contribution in [3.8, 4) is 5.75 Å². The van der Waals surface area contributed by atoms with Gasteiger partial charge in [-0.3, -0.25) is 14.7 Å². The van der Waals surface area contributed by atoms with Crippen molar-refractivity contribution in [3.05, 3.63) is 66.4 Å². The zero-order chi connectivity index (χ0) is 26.2. The number of hydrogen-bond donors (Lipinski definition) is 2. The predicted molar refractivity (Wildman–Crippen MR) is 138 cm³/mol. The molecule has 9 nitrogen and oxygen atoms in total. The Kier molecular flexibility index (Phi) is 13.1. The monoisotopic (exact) mass is 482 g/mol. The molecule has 1 aliphatic heterocycles. The molecule has 1 fully saturated rings. The molecule has 3 N–H and O–H groups in total. The van der Waals surface area contributed by atoms with Crippen LogP contribution < -0.4 is 15.8 Å². The van der Waals surface area contributed by atoms with Gasteiger partial charge in [-0.1, -0.05) is 18.2 Å². The number of aromatic nitrogens is 1. The molecule has 2 aromatic carbocycles. The highest BCUT2D eigenvalue weighted by molar-refractivity contribution is 5.84. The molecule has 0 bridgehead atoms. The van der Waals surface area contributed by atoms with Gasteiger partial charge in [0.2, 0.25) is 0 Å². The van der Waals surface area contributed by atoms with Gasteiger partial charge in [-0.15, -0.1) is 0 Å². The zero-order valence-electron chi connectivity index (χ0n) is 20.6. The summed E-state index contributed by atoms with van der Waals surface area (Å²) in [6, 6.07) is 16.7. The molecule has 1 aromatic heterocycles. The number of carbonyl (C=O) groups excluding carboxylic acids is 3. The highest BCUT2D eigenvalue weighted by Crippen LogP contribution is 2.21. The Balaban J connectivity index is 0.000000256. The van der Waals surface area contributed by atoms with Gasteiger partial charge in [0, 0.05) is 42.0 Å². The third-order valence-electron chi connectivity index (χ3n) is 4.60. The van der Waals surface area contributed by atoms with E-state index in [9.17, 15) is 9.59 Å². The van der Waals surface area contributed by atoms with E-state index in [1.165, 1.54) is 0 Å². The molecule has 188 valence electrons. The average Bonchev–Trinajstić information content (AvgIpc) is 2.85. The van der Waals surface area contributed by atoms with Crippen LogP contribution in [0.2, 0.25) is 0 Å². The summed E-state index contributed by atoms with van der Waals surface area (Å²) in [5.41, 5.74) is 7.62. The van der Waals surface area contributed by atoms with E-state index in [0.29, 0.717) is 11.3 Å². The van der Waals surface area contributed by atoms with E-state index >= 15 is 0 Å². The number of likely N-dealkylation sites (N-methyl/N-ethyl adjacent to an activating group) is 1. The van der Waals surface area contributed by atoms with E-state index < -0.39 is 0 Å². The first kappa shape index (κ1) is 29.1. The topological polar surface area (TPSA) is 124 Å². The van der Waals surface area contributed by atoms with Crippen molar-refractivity contribution in [2.45, 2.75) is 26.0 Å². The van der Waals surface area contributed by atoms with Crippen LogP contribution in [0.5, 0.6) is 5.75 Å². The summed E-state index contributed by atoms with van der Waals surface area (Å²) in [6.07, 6.45) is 2.35. The Morgan fingerprint density at radius 2 is 1.77 bits per heavy atom. The van der Waals surface area contributed by atoms with Gasteiger partial charge in [0.05, 0.1) is 7.11 Å². The van der Waals surface area contributed by atoms with Crippen molar-refractivity contribution in [1.82, 2.24) is 15.2 Å². The molecule has 0 atom stereocenters. The van der Waals surface area contributed by atoms with Crippen LogP contribution >= 0.6 is 0 Å². The smallest absolute Gasteiger partial charge is 0.407 e.